The Kier molecular flexibility index (Phi) is 2.07. The summed E-state index contributed by atoms with van der Waals surface area (Å²) in [5.41, 5.74) is 3.99. The molecule has 1 rings (SSSR count). The third kappa shape index (κ3) is 1.27. The van der Waals surface area contributed by atoms with Crippen LogP contribution in [-0.2, 0) is 0 Å². The highest BCUT2D eigenvalue weighted by atomic mass is 19.3. The number of halogens is 3. The van der Waals surface area contributed by atoms with Gasteiger partial charge in [-0.25, -0.2) is 18.2 Å². The molecule has 1 aromatic rings. The number of hydrogen-bond acceptors (Lipinski definition) is 3. The van der Waals surface area contributed by atoms with Crippen LogP contribution in [0.5, 0.6) is 5.75 Å². The Morgan fingerprint density at radius 1 is 1.50 bits per heavy atom. The van der Waals surface area contributed by atoms with Crippen molar-refractivity contribution in [3.8, 4) is 5.75 Å². The van der Waals surface area contributed by atoms with E-state index in [0.717, 1.165) is 0 Å². The van der Waals surface area contributed by atoms with Crippen LogP contribution < -0.4 is 5.73 Å². The molecule has 0 aromatic carbocycles. The molecule has 3 N–H and O–H groups in total. The van der Waals surface area contributed by atoms with Crippen molar-refractivity contribution in [2.75, 3.05) is 5.73 Å². The molecule has 0 amide bonds. The standard InChI is InChI=1S/C6H5F3N2O/c7-3-2(5(8)9)1-11-6(10)4(3)12/h1,5,12H,(H2,10,11). The maximum Gasteiger partial charge on any atom is 0.268 e. The van der Waals surface area contributed by atoms with Crippen LogP contribution in [0.3, 0.4) is 0 Å². The van der Waals surface area contributed by atoms with E-state index in [4.69, 9.17) is 10.8 Å². The lowest BCUT2D eigenvalue weighted by atomic mass is 10.2. The Morgan fingerprint density at radius 3 is 2.58 bits per heavy atom. The number of anilines is 1. The van der Waals surface area contributed by atoms with Crippen molar-refractivity contribution < 1.29 is 18.3 Å². The number of nitrogens with two attached hydrogens (primary N) is 1. The Hall–Kier alpha value is -1.46. The van der Waals surface area contributed by atoms with Crippen molar-refractivity contribution >= 4 is 5.82 Å². The predicted octanol–water partition coefficient (Wildman–Crippen LogP) is 1.45. The van der Waals surface area contributed by atoms with Gasteiger partial charge in [0.2, 0.25) is 0 Å². The van der Waals surface area contributed by atoms with Crippen molar-refractivity contribution in [3.63, 3.8) is 0 Å². The zero-order valence-electron chi connectivity index (χ0n) is 5.76. The largest absolute Gasteiger partial charge is 0.502 e. The molecule has 1 aromatic heterocycles. The minimum Gasteiger partial charge on any atom is -0.502 e. The van der Waals surface area contributed by atoms with Crippen LogP contribution in [0.15, 0.2) is 6.20 Å². The van der Waals surface area contributed by atoms with Gasteiger partial charge in [0.25, 0.3) is 6.43 Å². The first-order valence-corrected chi connectivity index (χ1v) is 2.95. The van der Waals surface area contributed by atoms with Crippen LogP contribution in [0.4, 0.5) is 19.0 Å². The molecule has 66 valence electrons. The van der Waals surface area contributed by atoms with E-state index in [-0.39, 0.29) is 0 Å². The molecule has 0 spiro atoms. The fourth-order valence-corrected chi connectivity index (χ4v) is 0.658. The second-order valence-electron chi connectivity index (χ2n) is 2.06. The highest BCUT2D eigenvalue weighted by molar-refractivity contribution is 5.47. The van der Waals surface area contributed by atoms with Gasteiger partial charge in [-0.1, -0.05) is 0 Å². The maximum absolute atomic E-state index is 12.7. The number of hydrogen-bond donors (Lipinski definition) is 2. The highest BCUT2D eigenvalue weighted by Gasteiger charge is 2.18. The van der Waals surface area contributed by atoms with Crippen LogP contribution in [0.1, 0.15) is 12.0 Å². The van der Waals surface area contributed by atoms with E-state index in [1.54, 1.807) is 0 Å². The minimum atomic E-state index is -3.01. The zero-order chi connectivity index (χ0) is 9.30. The van der Waals surface area contributed by atoms with E-state index < -0.39 is 29.4 Å². The summed E-state index contributed by atoms with van der Waals surface area (Å²) in [6.45, 7) is 0. The molecule has 0 saturated heterocycles. The second kappa shape index (κ2) is 2.88. The molecule has 0 aliphatic rings. The van der Waals surface area contributed by atoms with Crippen LogP contribution in [0.25, 0.3) is 0 Å². The van der Waals surface area contributed by atoms with Crippen LogP contribution in [0, 0.1) is 5.82 Å². The summed E-state index contributed by atoms with van der Waals surface area (Å²) < 4.78 is 36.5. The molecular weight excluding hydrogens is 173 g/mol. The summed E-state index contributed by atoms with van der Waals surface area (Å²) >= 11 is 0. The summed E-state index contributed by atoms with van der Waals surface area (Å²) in [5.74, 6) is -2.96. The molecular formula is C6H5F3N2O. The van der Waals surface area contributed by atoms with Crippen molar-refractivity contribution in [2.45, 2.75) is 6.43 Å². The number of pyridine rings is 1. The van der Waals surface area contributed by atoms with Gasteiger partial charge in [-0.2, -0.15) is 0 Å². The Labute approximate surface area is 65.6 Å². The highest BCUT2D eigenvalue weighted by Crippen LogP contribution is 2.29. The summed E-state index contributed by atoms with van der Waals surface area (Å²) in [7, 11) is 0. The lowest BCUT2D eigenvalue weighted by molar-refractivity contribution is 0.145. The molecule has 0 fully saturated rings. The Morgan fingerprint density at radius 2 is 2.08 bits per heavy atom. The van der Waals surface area contributed by atoms with Crippen molar-refractivity contribution in [2.24, 2.45) is 0 Å². The van der Waals surface area contributed by atoms with Gasteiger partial charge in [-0.15, -0.1) is 0 Å². The normalized spacial score (nSPS) is 10.7. The number of aromatic hydroxyl groups is 1. The van der Waals surface area contributed by atoms with Gasteiger partial charge in [0.15, 0.2) is 17.4 Å². The van der Waals surface area contributed by atoms with E-state index in [1.165, 1.54) is 0 Å². The number of alkyl halides is 2. The lowest BCUT2D eigenvalue weighted by Crippen LogP contribution is -1.98. The summed E-state index contributed by atoms with van der Waals surface area (Å²) in [4.78, 5) is 3.17. The lowest BCUT2D eigenvalue weighted by Gasteiger charge is -2.03. The van der Waals surface area contributed by atoms with Gasteiger partial charge in [0.05, 0.1) is 5.56 Å². The fourth-order valence-electron chi connectivity index (χ4n) is 0.658. The average Bonchev–Trinajstić information content (AvgIpc) is 2.00. The molecule has 0 atom stereocenters. The zero-order valence-corrected chi connectivity index (χ0v) is 5.76. The van der Waals surface area contributed by atoms with Gasteiger partial charge in [-0.3, -0.25) is 0 Å². The first-order valence-electron chi connectivity index (χ1n) is 2.95. The van der Waals surface area contributed by atoms with E-state index in [0.29, 0.717) is 6.20 Å². The van der Waals surface area contributed by atoms with Crippen LogP contribution >= 0.6 is 0 Å². The maximum atomic E-state index is 12.7. The summed E-state index contributed by atoms with van der Waals surface area (Å²) in [5, 5.41) is 8.74. The topological polar surface area (TPSA) is 59.1 Å². The quantitative estimate of drug-likeness (QED) is 0.684. The first kappa shape index (κ1) is 8.63. The molecule has 12 heavy (non-hydrogen) atoms. The van der Waals surface area contributed by atoms with Gasteiger partial charge < -0.3 is 10.8 Å². The molecule has 1 heterocycles. The molecule has 0 aliphatic carbocycles. The predicted molar refractivity (Wildman–Crippen MR) is 35.2 cm³/mol. The van der Waals surface area contributed by atoms with Gasteiger partial charge >= 0.3 is 0 Å². The summed E-state index contributed by atoms with van der Waals surface area (Å²) in [6.07, 6.45) is -2.42. The number of rotatable bonds is 1. The van der Waals surface area contributed by atoms with E-state index in [9.17, 15) is 13.2 Å². The molecule has 6 heteroatoms. The average molecular weight is 178 g/mol. The number of nitrogens with zero attached hydrogens (tertiary/aromatic N) is 1. The Balaban J connectivity index is 3.27. The fraction of sp³-hybridized carbons (Fsp3) is 0.167. The van der Waals surface area contributed by atoms with Crippen LogP contribution in [-0.4, -0.2) is 10.1 Å². The molecule has 0 aliphatic heterocycles. The number of nitrogen functional groups attached to an aromatic ring is 1. The SMILES string of the molecule is Nc1ncc(C(F)F)c(F)c1O. The summed E-state index contributed by atoms with van der Waals surface area (Å²) in [6, 6.07) is 0. The minimum absolute atomic E-state index is 0.503. The van der Waals surface area contributed by atoms with Crippen molar-refractivity contribution in [3.05, 3.63) is 17.6 Å². The molecule has 0 radical (unpaired) electrons. The first-order chi connectivity index (χ1) is 5.54. The second-order valence-corrected chi connectivity index (χ2v) is 2.06. The third-order valence-electron chi connectivity index (χ3n) is 1.28. The molecule has 0 unspecified atom stereocenters. The monoisotopic (exact) mass is 178 g/mol. The third-order valence-corrected chi connectivity index (χ3v) is 1.28. The van der Waals surface area contributed by atoms with Gasteiger partial charge in [-0.05, 0) is 0 Å². The van der Waals surface area contributed by atoms with Crippen molar-refractivity contribution in [1.29, 1.82) is 0 Å². The molecule has 3 nitrogen and oxygen atoms in total. The van der Waals surface area contributed by atoms with E-state index in [1.807, 2.05) is 0 Å². The Bertz CT molecular complexity index is 303. The van der Waals surface area contributed by atoms with E-state index >= 15 is 0 Å². The van der Waals surface area contributed by atoms with E-state index in [2.05, 4.69) is 4.98 Å². The molecule has 0 bridgehead atoms. The molecule has 0 saturated carbocycles. The van der Waals surface area contributed by atoms with Crippen molar-refractivity contribution in [1.82, 2.24) is 4.98 Å². The van der Waals surface area contributed by atoms with Crippen LogP contribution in [0.2, 0.25) is 0 Å². The smallest absolute Gasteiger partial charge is 0.268 e. The van der Waals surface area contributed by atoms with Gasteiger partial charge in [0.1, 0.15) is 0 Å². The van der Waals surface area contributed by atoms with Gasteiger partial charge in [0, 0.05) is 6.20 Å². The number of aromatic nitrogens is 1.